The van der Waals surface area contributed by atoms with Gasteiger partial charge in [-0.3, -0.25) is 4.72 Å². The van der Waals surface area contributed by atoms with Crippen LogP contribution in [-0.2, 0) is 16.4 Å². The van der Waals surface area contributed by atoms with Crippen LogP contribution in [0, 0.1) is 11.3 Å². The molecule has 0 bridgehead atoms. The van der Waals surface area contributed by atoms with E-state index in [-0.39, 0.29) is 17.1 Å². The molecule has 2 rings (SSSR count). The molecule has 2 aromatic carbocycles. The minimum Gasteiger partial charge on any atom is -0.396 e. The van der Waals surface area contributed by atoms with Gasteiger partial charge in [-0.2, -0.15) is 5.26 Å². The second-order valence-corrected chi connectivity index (χ2v) is 6.10. The van der Waals surface area contributed by atoms with Gasteiger partial charge in [-0.1, -0.05) is 18.2 Å². The van der Waals surface area contributed by atoms with Crippen molar-refractivity contribution in [2.45, 2.75) is 11.3 Å². The zero-order valence-electron chi connectivity index (χ0n) is 11.2. The van der Waals surface area contributed by atoms with Gasteiger partial charge in [0.2, 0.25) is 0 Å². The molecule has 2 N–H and O–H groups in total. The Balaban J connectivity index is 2.22. The molecule has 0 heterocycles. The van der Waals surface area contributed by atoms with Crippen LogP contribution in [0.1, 0.15) is 11.1 Å². The molecule has 0 amide bonds. The second kappa shape index (κ2) is 6.39. The zero-order chi connectivity index (χ0) is 15.3. The molecule has 2 aromatic rings. The summed E-state index contributed by atoms with van der Waals surface area (Å²) in [6.07, 6.45) is 0.525. The molecule has 108 valence electrons. The lowest BCUT2D eigenvalue weighted by Crippen LogP contribution is -2.13. The van der Waals surface area contributed by atoms with E-state index in [0.717, 1.165) is 5.56 Å². The van der Waals surface area contributed by atoms with Crippen LogP contribution in [0.3, 0.4) is 0 Å². The Kier molecular flexibility index (Phi) is 4.58. The summed E-state index contributed by atoms with van der Waals surface area (Å²) in [6, 6.07) is 14.5. The summed E-state index contributed by atoms with van der Waals surface area (Å²) >= 11 is 0. The lowest BCUT2D eigenvalue weighted by Gasteiger charge is -2.09. The number of sulfonamides is 1. The van der Waals surface area contributed by atoms with Crippen LogP contribution in [-0.4, -0.2) is 20.1 Å². The Morgan fingerprint density at radius 3 is 2.48 bits per heavy atom. The molecule has 6 heteroatoms. The molecule has 0 saturated carbocycles. The summed E-state index contributed by atoms with van der Waals surface area (Å²) in [7, 11) is -3.72. The number of nitriles is 1. The third-order valence-corrected chi connectivity index (χ3v) is 4.26. The summed E-state index contributed by atoms with van der Waals surface area (Å²) in [5, 5.41) is 17.6. The molecule has 0 radical (unpaired) electrons. The van der Waals surface area contributed by atoms with Crippen LogP contribution < -0.4 is 4.72 Å². The summed E-state index contributed by atoms with van der Waals surface area (Å²) in [5.74, 6) is 0. The Morgan fingerprint density at radius 1 is 1.14 bits per heavy atom. The maximum atomic E-state index is 12.2. The average molecular weight is 302 g/mol. The number of hydrogen-bond donors (Lipinski definition) is 2. The predicted molar refractivity (Wildman–Crippen MR) is 79.2 cm³/mol. The monoisotopic (exact) mass is 302 g/mol. The minimum atomic E-state index is -3.72. The van der Waals surface area contributed by atoms with Gasteiger partial charge in [0, 0.05) is 12.3 Å². The van der Waals surface area contributed by atoms with Crippen LogP contribution in [0.4, 0.5) is 5.69 Å². The van der Waals surface area contributed by atoms with Crippen molar-refractivity contribution in [3.05, 3.63) is 59.7 Å². The molecule has 0 aliphatic heterocycles. The maximum Gasteiger partial charge on any atom is 0.261 e. The van der Waals surface area contributed by atoms with Crippen molar-refractivity contribution >= 4 is 15.7 Å². The molecular formula is C15H14N2O3S. The third kappa shape index (κ3) is 3.81. The van der Waals surface area contributed by atoms with Gasteiger partial charge in [0.05, 0.1) is 16.5 Å². The van der Waals surface area contributed by atoms with E-state index in [1.54, 1.807) is 30.3 Å². The Morgan fingerprint density at radius 2 is 1.86 bits per heavy atom. The zero-order valence-corrected chi connectivity index (χ0v) is 12.0. The van der Waals surface area contributed by atoms with Crippen LogP contribution in [0.2, 0.25) is 0 Å². The van der Waals surface area contributed by atoms with Gasteiger partial charge in [0.1, 0.15) is 0 Å². The van der Waals surface area contributed by atoms with Gasteiger partial charge >= 0.3 is 0 Å². The molecule has 0 atom stereocenters. The van der Waals surface area contributed by atoms with E-state index >= 15 is 0 Å². The van der Waals surface area contributed by atoms with Crippen molar-refractivity contribution in [2.24, 2.45) is 0 Å². The number of rotatable bonds is 5. The molecule has 0 aromatic heterocycles. The molecule has 0 fully saturated rings. The first-order valence-electron chi connectivity index (χ1n) is 6.28. The number of hydrogen-bond acceptors (Lipinski definition) is 4. The predicted octanol–water partition coefficient (Wildman–Crippen LogP) is 1.89. The number of aliphatic hydroxyl groups excluding tert-OH is 1. The van der Waals surface area contributed by atoms with Crippen LogP contribution in [0.25, 0.3) is 0 Å². The number of nitrogens with zero attached hydrogens (tertiary/aromatic N) is 1. The van der Waals surface area contributed by atoms with E-state index in [4.69, 9.17) is 10.4 Å². The van der Waals surface area contributed by atoms with Crippen molar-refractivity contribution in [1.82, 2.24) is 0 Å². The van der Waals surface area contributed by atoms with E-state index < -0.39 is 10.0 Å². The molecule has 0 unspecified atom stereocenters. The van der Waals surface area contributed by atoms with Gasteiger partial charge in [-0.25, -0.2) is 8.42 Å². The molecule has 0 spiro atoms. The van der Waals surface area contributed by atoms with E-state index in [1.165, 1.54) is 18.2 Å². The molecule has 0 saturated heterocycles. The molecule has 21 heavy (non-hydrogen) atoms. The number of aliphatic hydroxyl groups is 1. The molecule has 0 aliphatic carbocycles. The minimum absolute atomic E-state index is 0.0426. The first kappa shape index (κ1) is 15.0. The second-order valence-electron chi connectivity index (χ2n) is 4.42. The van der Waals surface area contributed by atoms with Crippen molar-refractivity contribution in [3.8, 4) is 6.07 Å². The highest BCUT2D eigenvalue weighted by Gasteiger charge is 2.14. The topological polar surface area (TPSA) is 90.2 Å². The van der Waals surface area contributed by atoms with Gasteiger partial charge in [-0.05, 0) is 42.3 Å². The first-order chi connectivity index (χ1) is 10.0. The quantitative estimate of drug-likeness (QED) is 0.882. The lowest BCUT2D eigenvalue weighted by atomic mass is 10.1. The summed E-state index contributed by atoms with van der Waals surface area (Å²) in [6.45, 7) is 0.0476. The number of nitrogens with one attached hydrogen (secondary N) is 1. The maximum absolute atomic E-state index is 12.2. The normalized spacial score (nSPS) is 10.9. The smallest absolute Gasteiger partial charge is 0.261 e. The Bertz CT molecular complexity index is 762. The first-order valence-corrected chi connectivity index (χ1v) is 7.76. The highest BCUT2D eigenvalue weighted by atomic mass is 32.2. The highest BCUT2D eigenvalue weighted by Crippen LogP contribution is 2.17. The molecule has 0 aliphatic rings. The molecular weight excluding hydrogens is 288 g/mol. The van der Waals surface area contributed by atoms with Crippen molar-refractivity contribution < 1.29 is 13.5 Å². The average Bonchev–Trinajstić information content (AvgIpc) is 2.49. The summed E-state index contributed by atoms with van der Waals surface area (Å²) < 4.78 is 26.9. The Labute approximate surface area is 123 Å². The van der Waals surface area contributed by atoms with Crippen molar-refractivity contribution in [3.63, 3.8) is 0 Å². The van der Waals surface area contributed by atoms with E-state index in [0.29, 0.717) is 12.1 Å². The summed E-state index contributed by atoms with van der Waals surface area (Å²) in [5.41, 5.74) is 1.64. The van der Waals surface area contributed by atoms with Gasteiger partial charge < -0.3 is 5.11 Å². The number of benzene rings is 2. The van der Waals surface area contributed by atoms with Crippen molar-refractivity contribution in [2.75, 3.05) is 11.3 Å². The fourth-order valence-electron chi connectivity index (χ4n) is 1.82. The lowest BCUT2D eigenvalue weighted by molar-refractivity contribution is 0.299. The fourth-order valence-corrected chi connectivity index (χ4v) is 2.92. The van der Waals surface area contributed by atoms with Crippen LogP contribution in [0.5, 0.6) is 0 Å². The molecule has 5 nitrogen and oxygen atoms in total. The standard InChI is InChI=1S/C15H14N2O3S/c16-11-13-2-1-3-15(10-13)21(19,20)17-14-6-4-12(5-7-14)8-9-18/h1-7,10,17-18H,8-9H2. The fraction of sp³-hybridized carbons (Fsp3) is 0.133. The largest absolute Gasteiger partial charge is 0.396 e. The Hall–Kier alpha value is -2.36. The SMILES string of the molecule is N#Cc1cccc(S(=O)(=O)Nc2ccc(CCO)cc2)c1. The van der Waals surface area contributed by atoms with Gasteiger partial charge in [-0.15, -0.1) is 0 Å². The van der Waals surface area contributed by atoms with Gasteiger partial charge in [0.15, 0.2) is 0 Å². The summed E-state index contributed by atoms with van der Waals surface area (Å²) in [4.78, 5) is 0.0426. The van der Waals surface area contributed by atoms with Crippen LogP contribution >= 0.6 is 0 Å². The van der Waals surface area contributed by atoms with E-state index in [2.05, 4.69) is 4.72 Å². The number of anilines is 1. The van der Waals surface area contributed by atoms with E-state index in [1.807, 2.05) is 6.07 Å². The van der Waals surface area contributed by atoms with Crippen molar-refractivity contribution in [1.29, 1.82) is 5.26 Å². The van der Waals surface area contributed by atoms with Crippen LogP contribution in [0.15, 0.2) is 53.4 Å². The highest BCUT2D eigenvalue weighted by molar-refractivity contribution is 7.92. The van der Waals surface area contributed by atoms with E-state index in [9.17, 15) is 8.42 Å². The third-order valence-electron chi connectivity index (χ3n) is 2.88. The van der Waals surface area contributed by atoms with Gasteiger partial charge in [0.25, 0.3) is 10.0 Å².